The number of halogens is 1. The first-order chi connectivity index (χ1) is 7.66. The van der Waals surface area contributed by atoms with Crippen LogP contribution in [-0.4, -0.2) is 10.5 Å². The van der Waals surface area contributed by atoms with Crippen molar-refractivity contribution in [1.82, 2.24) is 9.88 Å². The number of amides is 1. The minimum atomic E-state index is -0.0541. The lowest BCUT2D eigenvalue weighted by Crippen LogP contribution is -2.24. The maximum absolute atomic E-state index is 11.8. The summed E-state index contributed by atoms with van der Waals surface area (Å²) >= 11 is 4.98. The number of thiophene rings is 1. The zero-order valence-electron chi connectivity index (χ0n) is 8.74. The zero-order valence-corrected chi connectivity index (χ0v) is 11.1. The Kier molecular flexibility index (Phi) is 3.46. The predicted molar refractivity (Wildman–Crippen MR) is 68.6 cm³/mol. The lowest BCUT2D eigenvalue weighted by Gasteiger charge is -2.04. The summed E-state index contributed by atoms with van der Waals surface area (Å²) in [5.41, 5.74) is 0.656. The highest BCUT2D eigenvalue weighted by molar-refractivity contribution is 9.10. The highest BCUT2D eigenvalue weighted by Crippen LogP contribution is 2.14. The van der Waals surface area contributed by atoms with Gasteiger partial charge in [-0.15, -0.1) is 11.3 Å². The molecule has 5 heteroatoms. The van der Waals surface area contributed by atoms with E-state index in [9.17, 15) is 4.79 Å². The van der Waals surface area contributed by atoms with E-state index in [0.717, 1.165) is 9.35 Å². The Morgan fingerprint density at radius 3 is 3.00 bits per heavy atom. The molecular weight excluding hydrogens is 288 g/mol. The molecule has 2 rings (SSSR count). The predicted octanol–water partition coefficient (Wildman–Crippen LogP) is 2.78. The van der Waals surface area contributed by atoms with E-state index in [2.05, 4.69) is 21.2 Å². The molecule has 0 atom stereocenters. The average Bonchev–Trinajstić information content (AvgIpc) is 2.84. The molecule has 0 fully saturated rings. The van der Waals surface area contributed by atoms with Gasteiger partial charge in [-0.2, -0.15) is 0 Å². The second-order valence-electron chi connectivity index (χ2n) is 3.42. The molecule has 0 spiro atoms. The van der Waals surface area contributed by atoms with Gasteiger partial charge in [-0.25, -0.2) is 0 Å². The molecule has 0 unspecified atom stereocenters. The third kappa shape index (κ3) is 2.54. The fourth-order valence-corrected chi connectivity index (χ4v) is 2.59. The maximum Gasteiger partial charge on any atom is 0.268 e. The van der Waals surface area contributed by atoms with E-state index in [0.29, 0.717) is 12.2 Å². The van der Waals surface area contributed by atoms with Crippen molar-refractivity contribution >= 4 is 33.2 Å². The van der Waals surface area contributed by atoms with Crippen LogP contribution in [-0.2, 0) is 13.6 Å². The molecule has 0 saturated heterocycles. The number of carbonyl (C=O) groups is 1. The summed E-state index contributed by atoms with van der Waals surface area (Å²) in [5, 5.41) is 4.89. The van der Waals surface area contributed by atoms with Crippen molar-refractivity contribution in [3.63, 3.8) is 0 Å². The first-order valence-electron chi connectivity index (χ1n) is 4.79. The Bertz CT molecular complexity index is 490. The van der Waals surface area contributed by atoms with Crippen molar-refractivity contribution in [3.05, 3.63) is 44.8 Å². The molecule has 0 bridgehead atoms. The van der Waals surface area contributed by atoms with Gasteiger partial charge in [0, 0.05) is 22.6 Å². The van der Waals surface area contributed by atoms with Gasteiger partial charge in [-0.05, 0) is 33.4 Å². The lowest BCUT2D eigenvalue weighted by molar-refractivity contribution is 0.0943. The van der Waals surface area contributed by atoms with Crippen LogP contribution in [0.4, 0.5) is 0 Å². The molecule has 2 aromatic heterocycles. The van der Waals surface area contributed by atoms with Crippen LogP contribution >= 0.6 is 27.3 Å². The molecule has 2 heterocycles. The van der Waals surface area contributed by atoms with Crippen molar-refractivity contribution in [1.29, 1.82) is 0 Å². The molecule has 16 heavy (non-hydrogen) atoms. The molecule has 2 aromatic rings. The molecule has 1 N–H and O–H groups in total. The van der Waals surface area contributed by atoms with Gasteiger partial charge in [0.25, 0.3) is 5.91 Å². The first-order valence-corrected chi connectivity index (χ1v) is 6.46. The monoisotopic (exact) mass is 298 g/mol. The standard InChI is InChI=1S/C11H11BrN2OS/c1-14-7-8(12)5-10(14)11(15)13-6-9-3-2-4-16-9/h2-5,7H,6H2,1H3,(H,13,15). The summed E-state index contributed by atoms with van der Waals surface area (Å²) in [5.74, 6) is -0.0541. The molecule has 0 aromatic carbocycles. The van der Waals surface area contributed by atoms with E-state index in [1.54, 1.807) is 15.9 Å². The third-order valence-electron chi connectivity index (χ3n) is 2.21. The summed E-state index contributed by atoms with van der Waals surface area (Å²) in [6.45, 7) is 0.583. The number of nitrogens with zero attached hydrogens (tertiary/aromatic N) is 1. The molecule has 84 valence electrons. The highest BCUT2D eigenvalue weighted by atomic mass is 79.9. The van der Waals surface area contributed by atoms with Gasteiger partial charge in [-0.1, -0.05) is 6.07 Å². The van der Waals surface area contributed by atoms with Crippen LogP contribution in [0.1, 0.15) is 15.4 Å². The molecule has 0 aliphatic heterocycles. The van der Waals surface area contributed by atoms with Crippen LogP contribution in [0, 0.1) is 0 Å². The van der Waals surface area contributed by atoms with Crippen molar-refractivity contribution < 1.29 is 4.79 Å². The molecule has 0 aliphatic rings. The van der Waals surface area contributed by atoms with Crippen molar-refractivity contribution in [2.75, 3.05) is 0 Å². The second kappa shape index (κ2) is 4.84. The first kappa shape index (κ1) is 11.4. The second-order valence-corrected chi connectivity index (χ2v) is 5.36. The Morgan fingerprint density at radius 1 is 1.62 bits per heavy atom. The van der Waals surface area contributed by atoms with Crippen LogP contribution in [0.3, 0.4) is 0 Å². The topological polar surface area (TPSA) is 34.0 Å². The molecular formula is C11H11BrN2OS. The lowest BCUT2D eigenvalue weighted by atomic mass is 10.4. The van der Waals surface area contributed by atoms with Gasteiger partial charge >= 0.3 is 0 Å². The molecule has 0 radical (unpaired) electrons. The van der Waals surface area contributed by atoms with E-state index < -0.39 is 0 Å². The Hall–Kier alpha value is -1.07. The number of nitrogens with one attached hydrogen (secondary N) is 1. The maximum atomic E-state index is 11.8. The number of carbonyl (C=O) groups excluding carboxylic acids is 1. The fourth-order valence-electron chi connectivity index (χ4n) is 1.42. The fraction of sp³-hybridized carbons (Fsp3) is 0.182. The summed E-state index contributed by atoms with van der Waals surface area (Å²) in [7, 11) is 1.85. The van der Waals surface area contributed by atoms with Crippen molar-refractivity contribution in [2.45, 2.75) is 6.54 Å². The van der Waals surface area contributed by atoms with E-state index in [1.165, 1.54) is 0 Å². The van der Waals surface area contributed by atoms with Gasteiger partial charge < -0.3 is 9.88 Å². The number of aryl methyl sites for hydroxylation is 1. The van der Waals surface area contributed by atoms with Crippen molar-refractivity contribution in [2.24, 2.45) is 7.05 Å². The summed E-state index contributed by atoms with van der Waals surface area (Å²) in [6, 6.07) is 5.79. The normalized spacial score (nSPS) is 10.4. The van der Waals surface area contributed by atoms with E-state index in [4.69, 9.17) is 0 Å². The summed E-state index contributed by atoms with van der Waals surface area (Å²) in [4.78, 5) is 13.0. The van der Waals surface area contributed by atoms with Crippen molar-refractivity contribution in [3.8, 4) is 0 Å². The smallest absolute Gasteiger partial charge is 0.268 e. The third-order valence-corrected chi connectivity index (χ3v) is 3.52. The molecule has 1 amide bonds. The zero-order chi connectivity index (χ0) is 11.5. The molecule has 0 saturated carbocycles. The van der Waals surface area contributed by atoms with Crippen LogP contribution in [0.5, 0.6) is 0 Å². The minimum Gasteiger partial charge on any atom is -0.346 e. The Balaban J connectivity index is 2.01. The van der Waals surface area contributed by atoms with E-state index >= 15 is 0 Å². The number of hydrogen-bond acceptors (Lipinski definition) is 2. The van der Waals surface area contributed by atoms with E-state index in [-0.39, 0.29) is 5.91 Å². The molecule has 0 aliphatic carbocycles. The van der Waals surface area contributed by atoms with Gasteiger partial charge in [-0.3, -0.25) is 4.79 Å². The van der Waals surface area contributed by atoms with Crippen LogP contribution in [0.25, 0.3) is 0 Å². The average molecular weight is 299 g/mol. The number of aromatic nitrogens is 1. The SMILES string of the molecule is Cn1cc(Br)cc1C(=O)NCc1cccs1. The van der Waals surface area contributed by atoms with Gasteiger partial charge in [0.15, 0.2) is 0 Å². The quantitative estimate of drug-likeness (QED) is 0.929. The number of rotatable bonds is 3. The number of hydrogen-bond donors (Lipinski definition) is 1. The van der Waals surface area contributed by atoms with E-state index in [1.807, 2.05) is 36.8 Å². The Morgan fingerprint density at radius 2 is 2.44 bits per heavy atom. The van der Waals surface area contributed by atoms with Crippen LogP contribution in [0.15, 0.2) is 34.2 Å². The molecule has 3 nitrogen and oxygen atoms in total. The van der Waals surface area contributed by atoms with Gasteiger partial charge in [0.2, 0.25) is 0 Å². The van der Waals surface area contributed by atoms with Gasteiger partial charge in [0.05, 0.1) is 6.54 Å². The largest absolute Gasteiger partial charge is 0.346 e. The summed E-state index contributed by atoms with van der Waals surface area (Å²) < 4.78 is 2.71. The van der Waals surface area contributed by atoms with Crippen LogP contribution < -0.4 is 5.32 Å². The van der Waals surface area contributed by atoms with Gasteiger partial charge in [0.1, 0.15) is 5.69 Å². The minimum absolute atomic E-state index is 0.0541. The summed E-state index contributed by atoms with van der Waals surface area (Å²) in [6.07, 6.45) is 1.86. The highest BCUT2D eigenvalue weighted by Gasteiger charge is 2.10. The van der Waals surface area contributed by atoms with Crippen LogP contribution in [0.2, 0.25) is 0 Å². The Labute approximate surface area is 106 Å².